The minimum absolute atomic E-state index is 0.546. The Morgan fingerprint density at radius 2 is 1.64 bits per heavy atom. The summed E-state index contributed by atoms with van der Waals surface area (Å²) in [6.07, 6.45) is 3.88. The highest BCUT2D eigenvalue weighted by molar-refractivity contribution is 4.80. The van der Waals surface area contributed by atoms with Crippen LogP contribution in [-0.4, -0.2) is 6.04 Å². The summed E-state index contributed by atoms with van der Waals surface area (Å²) in [5.74, 6) is 1.80. The third kappa shape index (κ3) is 6.36. The Balaban J connectivity index is 0.000000218. The normalized spacial score (nSPS) is 28.9. The van der Waals surface area contributed by atoms with E-state index in [4.69, 9.17) is 5.73 Å². The van der Waals surface area contributed by atoms with Crippen LogP contribution in [0.25, 0.3) is 0 Å². The minimum Gasteiger partial charge on any atom is -0.328 e. The molecule has 1 aliphatic carbocycles. The first-order valence-corrected chi connectivity index (χ1v) is 4.81. The van der Waals surface area contributed by atoms with Gasteiger partial charge in [0.25, 0.3) is 0 Å². The van der Waals surface area contributed by atoms with E-state index < -0.39 is 0 Å². The summed E-state index contributed by atoms with van der Waals surface area (Å²) in [6.45, 7) is 8.73. The molecular formula is C10H23N. The maximum Gasteiger partial charge on any atom is 0.00441 e. The molecule has 1 nitrogen and oxygen atoms in total. The van der Waals surface area contributed by atoms with E-state index >= 15 is 0 Å². The second-order valence-electron chi connectivity index (χ2n) is 4.24. The molecule has 0 aromatic carbocycles. The van der Waals surface area contributed by atoms with Gasteiger partial charge < -0.3 is 5.73 Å². The van der Waals surface area contributed by atoms with E-state index in [1.165, 1.54) is 19.3 Å². The first kappa shape index (κ1) is 11.0. The van der Waals surface area contributed by atoms with Gasteiger partial charge in [-0.05, 0) is 24.7 Å². The molecule has 0 unspecified atom stereocenters. The van der Waals surface area contributed by atoms with Gasteiger partial charge >= 0.3 is 0 Å². The Morgan fingerprint density at radius 3 is 1.73 bits per heavy atom. The fourth-order valence-corrected chi connectivity index (χ4v) is 1.12. The molecular weight excluding hydrogens is 134 g/mol. The van der Waals surface area contributed by atoms with E-state index in [1.54, 1.807) is 0 Å². The summed E-state index contributed by atoms with van der Waals surface area (Å²) >= 11 is 0. The summed E-state index contributed by atoms with van der Waals surface area (Å²) in [5.41, 5.74) is 5.54. The van der Waals surface area contributed by atoms with E-state index in [-0.39, 0.29) is 0 Å². The number of rotatable bonds is 1. The molecule has 0 radical (unpaired) electrons. The molecule has 1 fully saturated rings. The van der Waals surface area contributed by atoms with Gasteiger partial charge in [-0.25, -0.2) is 0 Å². The topological polar surface area (TPSA) is 26.0 Å². The Hall–Kier alpha value is -0.0400. The third-order valence-corrected chi connectivity index (χ3v) is 1.85. The van der Waals surface area contributed by atoms with Crippen molar-refractivity contribution in [3.63, 3.8) is 0 Å². The number of nitrogens with two attached hydrogens (primary N) is 1. The van der Waals surface area contributed by atoms with Crippen LogP contribution in [0.4, 0.5) is 0 Å². The van der Waals surface area contributed by atoms with E-state index in [1.807, 2.05) is 0 Å². The van der Waals surface area contributed by atoms with Crippen molar-refractivity contribution in [2.75, 3.05) is 0 Å². The minimum atomic E-state index is 0.546. The first-order chi connectivity index (χ1) is 5.06. The maximum atomic E-state index is 5.54. The highest BCUT2D eigenvalue weighted by Crippen LogP contribution is 2.27. The largest absolute Gasteiger partial charge is 0.328 e. The molecule has 0 spiro atoms. The highest BCUT2D eigenvalue weighted by Gasteiger charge is 2.23. The lowest BCUT2D eigenvalue weighted by molar-refractivity contribution is 0.258. The fraction of sp³-hybridized carbons (Fsp3) is 1.00. The third-order valence-electron chi connectivity index (χ3n) is 1.85. The van der Waals surface area contributed by atoms with Crippen LogP contribution in [0.2, 0.25) is 0 Å². The van der Waals surface area contributed by atoms with Gasteiger partial charge in [0.15, 0.2) is 0 Å². The van der Waals surface area contributed by atoms with Crippen LogP contribution in [0.1, 0.15) is 47.0 Å². The van der Waals surface area contributed by atoms with E-state index in [2.05, 4.69) is 27.7 Å². The molecule has 0 aromatic heterocycles. The molecule has 2 N–H and O–H groups in total. The summed E-state index contributed by atoms with van der Waals surface area (Å²) in [6, 6.07) is 0.546. The van der Waals surface area contributed by atoms with Crippen molar-refractivity contribution in [1.82, 2.24) is 0 Å². The molecule has 1 rings (SSSR count). The number of hydrogen-bond donors (Lipinski definition) is 1. The molecule has 0 aliphatic heterocycles. The zero-order chi connectivity index (χ0) is 8.85. The SMILES string of the molecule is CC(C)C.CCC1CC(N)C1. The smallest absolute Gasteiger partial charge is 0.00441 e. The van der Waals surface area contributed by atoms with Crippen molar-refractivity contribution in [1.29, 1.82) is 0 Å². The van der Waals surface area contributed by atoms with Crippen LogP contribution in [-0.2, 0) is 0 Å². The lowest BCUT2D eigenvalue weighted by Gasteiger charge is -2.31. The maximum absolute atomic E-state index is 5.54. The van der Waals surface area contributed by atoms with Gasteiger partial charge in [0, 0.05) is 6.04 Å². The lowest BCUT2D eigenvalue weighted by atomic mass is 9.79. The van der Waals surface area contributed by atoms with Crippen molar-refractivity contribution in [3.05, 3.63) is 0 Å². The molecule has 0 atom stereocenters. The number of hydrogen-bond acceptors (Lipinski definition) is 1. The van der Waals surface area contributed by atoms with Gasteiger partial charge in [0.05, 0.1) is 0 Å². The van der Waals surface area contributed by atoms with E-state index in [0.717, 1.165) is 11.8 Å². The summed E-state index contributed by atoms with van der Waals surface area (Å²) < 4.78 is 0. The summed E-state index contributed by atoms with van der Waals surface area (Å²) in [5, 5.41) is 0. The molecule has 11 heavy (non-hydrogen) atoms. The molecule has 0 amide bonds. The molecule has 0 heterocycles. The molecule has 0 bridgehead atoms. The summed E-state index contributed by atoms with van der Waals surface area (Å²) in [7, 11) is 0. The molecule has 0 aromatic rings. The van der Waals surface area contributed by atoms with E-state index in [0.29, 0.717) is 6.04 Å². The van der Waals surface area contributed by atoms with Crippen LogP contribution in [0.3, 0.4) is 0 Å². The summed E-state index contributed by atoms with van der Waals surface area (Å²) in [4.78, 5) is 0. The highest BCUT2D eigenvalue weighted by atomic mass is 14.7. The van der Waals surface area contributed by atoms with Gasteiger partial charge in [0.1, 0.15) is 0 Å². The van der Waals surface area contributed by atoms with Crippen LogP contribution in [0.15, 0.2) is 0 Å². The van der Waals surface area contributed by atoms with Crippen molar-refractivity contribution in [2.45, 2.75) is 53.0 Å². The second-order valence-corrected chi connectivity index (χ2v) is 4.24. The van der Waals surface area contributed by atoms with Crippen molar-refractivity contribution in [3.8, 4) is 0 Å². The van der Waals surface area contributed by atoms with Gasteiger partial charge in [-0.2, -0.15) is 0 Å². The van der Waals surface area contributed by atoms with Gasteiger partial charge in [0.2, 0.25) is 0 Å². The van der Waals surface area contributed by atoms with Gasteiger partial charge in [-0.15, -0.1) is 0 Å². The Bertz CT molecular complexity index is 80.1. The molecule has 1 heteroatoms. The Morgan fingerprint density at radius 1 is 1.27 bits per heavy atom. The van der Waals surface area contributed by atoms with Crippen molar-refractivity contribution >= 4 is 0 Å². The lowest BCUT2D eigenvalue weighted by Crippen LogP contribution is -2.35. The molecule has 1 aliphatic rings. The molecule has 1 saturated carbocycles. The Labute approximate surface area is 71.4 Å². The van der Waals surface area contributed by atoms with Crippen LogP contribution in [0.5, 0.6) is 0 Å². The second kappa shape index (κ2) is 5.59. The molecule has 68 valence electrons. The van der Waals surface area contributed by atoms with E-state index in [9.17, 15) is 0 Å². The van der Waals surface area contributed by atoms with Gasteiger partial charge in [-0.1, -0.05) is 34.1 Å². The van der Waals surface area contributed by atoms with Crippen LogP contribution in [0, 0.1) is 11.8 Å². The zero-order valence-corrected chi connectivity index (χ0v) is 8.43. The first-order valence-electron chi connectivity index (χ1n) is 4.81. The van der Waals surface area contributed by atoms with Crippen LogP contribution < -0.4 is 5.73 Å². The Kier molecular flexibility index (Phi) is 5.57. The quantitative estimate of drug-likeness (QED) is 0.622. The monoisotopic (exact) mass is 157 g/mol. The predicted octanol–water partition coefficient (Wildman–Crippen LogP) is 2.80. The van der Waals surface area contributed by atoms with Crippen molar-refractivity contribution in [2.24, 2.45) is 17.6 Å². The van der Waals surface area contributed by atoms with Crippen molar-refractivity contribution < 1.29 is 0 Å². The standard InChI is InChI=1S/C6H13N.C4H10/c1-2-5-3-6(7)4-5;1-4(2)3/h5-6H,2-4,7H2,1H3;4H,1-3H3. The molecule has 0 saturated heterocycles. The average molecular weight is 157 g/mol. The average Bonchev–Trinajstić information content (AvgIpc) is 1.79. The van der Waals surface area contributed by atoms with Gasteiger partial charge in [-0.3, -0.25) is 0 Å². The zero-order valence-electron chi connectivity index (χ0n) is 8.43. The van der Waals surface area contributed by atoms with Crippen LogP contribution >= 0.6 is 0 Å². The fourth-order valence-electron chi connectivity index (χ4n) is 1.12. The predicted molar refractivity (Wildman–Crippen MR) is 51.5 cm³/mol.